The van der Waals surface area contributed by atoms with Gasteiger partial charge in [-0.1, -0.05) is 29.8 Å². The number of nitrogens with zero attached hydrogens (tertiary/aromatic N) is 2. The Kier molecular flexibility index (Phi) is 7.89. The van der Waals surface area contributed by atoms with E-state index in [1.165, 1.54) is 44.8 Å². The average molecular weight is 483 g/mol. The number of carbonyl (C=O) groups is 1. The summed E-state index contributed by atoms with van der Waals surface area (Å²) in [5.41, 5.74) is 0.316. The molecule has 0 saturated carbocycles. The summed E-state index contributed by atoms with van der Waals surface area (Å²) in [7, 11) is 2.81. The molecule has 1 saturated heterocycles. The highest BCUT2D eigenvalue weighted by Crippen LogP contribution is 2.44. The van der Waals surface area contributed by atoms with Crippen LogP contribution in [-0.2, 0) is 9.53 Å². The van der Waals surface area contributed by atoms with Crippen molar-refractivity contribution in [1.82, 2.24) is 15.3 Å². The lowest BCUT2D eigenvalue weighted by Crippen LogP contribution is -2.45. The van der Waals surface area contributed by atoms with Crippen molar-refractivity contribution < 1.29 is 23.4 Å². The number of benzene rings is 1. The molecule has 0 bridgehead atoms. The van der Waals surface area contributed by atoms with Crippen LogP contribution >= 0.6 is 23.2 Å². The molecule has 170 valence electrons. The molecule has 0 aliphatic carbocycles. The second-order valence-electron chi connectivity index (χ2n) is 6.72. The van der Waals surface area contributed by atoms with Crippen molar-refractivity contribution in [3.8, 4) is 11.5 Å². The molecule has 2 N–H and O–H groups in total. The molecule has 2 aromatic rings. The normalized spacial score (nSPS) is 18.2. The summed E-state index contributed by atoms with van der Waals surface area (Å²) in [5.74, 6) is -0.262. The molecule has 11 heteroatoms. The molecule has 1 aliphatic heterocycles. The predicted octanol–water partition coefficient (Wildman–Crippen LogP) is 3.75. The van der Waals surface area contributed by atoms with Crippen molar-refractivity contribution in [2.24, 2.45) is 0 Å². The molecule has 2 atom stereocenters. The molecule has 1 aliphatic rings. The number of amides is 1. The Hall–Kier alpha value is -2.88. The van der Waals surface area contributed by atoms with Crippen molar-refractivity contribution >= 4 is 47.0 Å². The number of ether oxygens (including phenoxy) is 3. The van der Waals surface area contributed by atoms with E-state index in [9.17, 15) is 4.79 Å². The fourth-order valence-electron chi connectivity index (χ4n) is 3.05. The number of halogens is 3. The number of hydrogen-bond acceptors (Lipinski definition) is 7. The topological polar surface area (TPSA) is 94.6 Å². The fraction of sp³-hybridized carbons (Fsp3) is 0.286. The van der Waals surface area contributed by atoms with Crippen LogP contribution in [0, 0.1) is 0 Å². The number of nitrogens with one attached hydrogen (secondary N) is 2. The Morgan fingerprint density at radius 3 is 2.34 bits per heavy atom. The van der Waals surface area contributed by atoms with Gasteiger partial charge in [0.05, 0.1) is 55.1 Å². The van der Waals surface area contributed by atoms with E-state index in [-0.39, 0.29) is 45.1 Å². The summed E-state index contributed by atoms with van der Waals surface area (Å²) in [5, 5.41) is 5.90. The van der Waals surface area contributed by atoms with Crippen LogP contribution in [0.15, 0.2) is 31.1 Å². The summed E-state index contributed by atoms with van der Waals surface area (Å²) in [6.45, 7) is 4.16. The van der Waals surface area contributed by atoms with Gasteiger partial charge in [-0.05, 0) is 12.2 Å². The van der Waals surface area contributed by atoms with Gasteiger partial charge < -0.3 is 24.8 Å². The van der Waals surface area contributed by atoms with Gasteiger partial charge in [0.25, 0.3) is 0 Å². The highest BCUT2D eigenvalue weighted by atomic mass is 35.5. The van der Waals surface area contributed by atoms with E-state index >= 15 is 4.39 Å². The first-order chi connectivity index (χ1) is 15.4. The molecule has 8 nitrogen and oxygen atoms in total. The van der Waals surface area contributed by atoms with Gasteiger partial charge in [-0.25, -0.2) is 14.4 Å². The monoisotopic (exact) mass is 482 g/mol. The summed E-state index contributed by atoms with van der Waals surface area (Å²) in [6, 6.07) is 0.995. The number of anilines is 1. The summed E-state index contributed by atoms with van der Waals surface area (Å²) < 4.78 is 30.8. The third kappa shape index (κ3) is 5.29. The largest absolute Gasteiger partial charge is 0.495 e. The maximum Gasteiger partial charge on any atom is 0.243 e. The molecule has 1 aromatic heterocycles. The average Bonchev–Trinajstić information content (AvgIpc) is 3.21. The minimum atomic E-state index is -0.710. The second-order valence-corrected chi connectivity index (χ2v) is 7.48. The molecule has 1 unspecified atom stereocenters. The van der Waals surface area contributed by atoms with E-state index in [1.54, 1.807) is 0 Å². The van der Waals surface area contributed by atoms with E-state index in [0.717, 1.165) is 0 Å². The zero-order valence-corrected chi connectivity index (χ0v) is 18.8. The maximum atomic E-state index is 15.1. The van der Waals surface area contributed by atoms with Crippen LogP contribution < -0.4 is 20.1 Å². The highest BCUT2D eigenvalue weighted by Gasteiger charge is 2.29. The van der Waals surface area contributed by atoms with Gasteiger partial charge in [-0.3, -0.25) is 4.79 Å². The third-order valence-electron chi connectivity index (χ3n) is 4.69. The molecular formula is C21H21Cl2FN4O4. The smallest absolute Gasteiger partial charge is 0.243 e. The molecule has 3 rings (SSSR count). The van der Waals surface area contributed by atoms with Crippen molar-refractivity contribution in [3.63, 3.8) is 0 Å². The van der Waals surface area contributed by atoms with Gasteiger partial charge in [-0.2, -0.15) is 0 Å². The van der Waals surface area contributed by atoms with Crippen LogP contribution in [0.3, 0.4) is 0 Å². The molecule has 1 aromatic carbocycles. The molecule has 2 heterocycles. The lowest BCUT2D eigenvalue weighted by molar-refractivity contribution is -0.117. The van der Waals surface area contributed by atoms with Crippen molar-refractivity contribution in [3.05, 3.63) is 52.3 Å². The maximum absolute atomic E-state index is 15.1. The van der Waals surface area contributed by atoms with Crippen molar-refractivity contribution in [2.75, 3.05) is 32.8 Å². The van der Waals surface area contributed by atoms with Gasteiger partial charge in [-0.15, -0.1) is 0 Å². The zero-order valence-electron chi connectivity index (χ0n) is 17.3. The Labute approximate surface area is 194 Å². The second kappa shape index (κ2) is 10.6. The molecule has 1 amide bonds. The van der Waals surface area contributed by atoms with Gasteiger partial charge in [0, 0.05) is 24.0 Å². The predicted molar refractivity (Wildman–Crippen MR) is 121 cm³/mol. The molecule has 32 heavy (non-hydrogen) atoms. The first-order valence-electron chi connectivity index (χ1n) is 9.44. The molecule has 0 spiro atoms. The van der Waals surface area contributed by atoms with Crippen LogP contribution in [0.4, 0.5) is 10.3 Å². The number of rotatable bonds is 8. The Morgan fingerprint density at radius 2 is 1.78 bits per heavy atom. The number of methoxy groups -OCH3 is 2. The van der Waals surface area contributed by atoms with E-state index < -0.39 is 5.83 Å². The van der Waals surface area contributed by atoms with Gasteiger partial charge in [0.1, 0.15) is 17.3 Å². The van der Waals surface area contributed by atoms with Crippen LogP contribution in [0.25, 0.3) is 11.9 Å². The highest BCUT2D eigenvalue weighted by molar-refractivity contribution is 6.39. The Bertz CT molecular complexity index is 1010. The van der Waals surface area contributed by atoms with Crippen molar-refractivity contribution in [2.45, 2.75) is 12.1 Å². The van der Waals surface area contributed by atoms with Crippen LogP contribution in [-0.4, -0.2) is 55.4 Å². The van der Waals surface area contributed by atoms with E-state index in [4.69, 9.17) is 37.4 Å². The van der Waals surface area contributed by atoms with Crippen molar-refractivity contribution in [1.29, 1.82) is 0 Å². The minimum Gasteiger partial charge on any atom is -0.495 e. The molecule has 1 fully saturated rings. The zero-order chi connectivity index (χ0) is 23.3. The lowest BCUT2D eigenvalue weighted by atomic mass is 10.1. The summed E-state index contributed by atoms with van der Waals surface area (Å²) in [4.78, 5) is 19.9. The standard InChI is InChI=1S/C21H21Cl2FN4O4/c1-4-17(29)27-13-9-32-10-14(13)28-21-25-7-11(8-26-21)5-12(24)18-19(22)15(30-2)6-16(31-3)20(18)23/h4-8,13-14H,1,9-10H2,2-3H3,(H,27,29)(H,25,26,28)/b12-5-/t13-,14?/m0/s1. The first-order valence-corrected chi connectivity index (χ1v) is 10.2. The van der Waals surface area contributed by atoms with Gasteiger partial charge in [0.15, 0.2) is 0 Å². The van der Waals surface area contributed by atoms with E-state index in [1.807, 2.05) is 0 Å². The number of hydrogen-bond donors (Lipinski definition) is 2. The van der Waals surface area contributed by atoms with Crippen LogP contribution in [0.1, 0.15) is 11.1 Å². The lowest BCUT2D eigenvalue weighted by Gasteiger charge is -2.19. The molecular weight excluding hydrogens is 462 g/mol. The SMILES string of the molecule is C=CC(=O)N[C@H]1COCC1Nc1ncc(/C=C(\F)c2c(Cl)c(OC)cc(OC)c2Cl)cn1. The Balaban J connectivity index is 1.78. The van der Waals surface area contributed by atoms with E-state index in [0.29, 0.717) is 24.7 Å². The number of aromatic nitrogens is 2. The number of carbonyl (C=O) groups excluding carboxylic acids is 1. The minimum absolute atomic E-state index is 0.0140. The third-order valence-corrected chi connectivity index (χ3v) is 5.44. The Morgan fingerprint density at radius 1 is 1.19 bits per heavy atom. The summed E-state index contributed by atoms with van der Waals surface area (Å²) >= 11 is 12.5. The fourth-order valence-corrected chi connectivity index (χ4v) is 3.73. The van der Waals surface area contributed by atoms with E-state index in [2.05, 4.69) is 27.2 Å². The first kappa shape index (κ1) is 23.8. The quantitative estimate of drug-likeness (QED) is 0.553. The summed E-state index contributed by atoms with van der Waals surface area (Å²) in [6.07, 6.45) is 5.25. The molecule has 0 radical (unpaired) electrons. The van der Waals surface area contributed by atoms with Crippen LogP contribution in [0.5, 0.6) is 11.5 Å². The van der Waals surface area contributed by atoms with Crippen LogP contribution in [0.2, 0.25) is 10.0 Å². The van der Waals surface area contributed by atoms with Gasteiger partial charge >= 0.3 is 0 Å². The van der Waals surface area contributed by atoms with Gasteiger partial charge in [0.2, 0.25) is 11.9 Å².